The molecule has 0 unspecified atom stereocenters. The Hall–Kier alpha value is -0.690. The molecule has 0 saturated carbocycles. The number of nitrogens with zero attached hydrogens (tertiary/aromatic N) is 2. The molecule has 0 aliphatic carbocycles. The third-order valence-corrected chi connectivity index (χ3v) is 4.46. The highest BCUT2D eigenvalue weighted by molar-refractivity contribution is 14.1. The van der Waals surface area contributed by atoms with E-state index in [1.54, 1.807) is 11.3 Å². The summed E-state index contributed by atoms with van der Waals surface area (Å²) in [6, 6.07) is 2.07. The van der Waals surface area contributed by atoms with Crippen molar-refractivity contribution in [1.82, 2.24) is 9.97 Å². The zero-order valence-electron chi connectivity index (χ0n) is 11.4. The maximum Gasteiger partial charge on any atom is 0.162 e. The fraction of sp³-hybridized carbons (Fsp3) is 0.429. The van der Waals surface area contributed by atoms with E-state index in [2.05, 4.69) is 70.5 Å². The molecule has 0 amide bonds. The Labute approximate surface area is 132 Å². The molecule has 19 heavy (non-hydrogen) atoms. The standard InChI is InChI=1S/C14H18IN3S/c1-4-16-14-12(15)11(7-9(2)3)17-13(18-14)10-5-6-19-8-10/h5-6,8-9H,4,7H2,1-3H3,(H,16,17,18). The van der Waals surface area contributed by atoms with Crippen LogP contribution in [0.4, 0.5) is 5.82 Å². The maximum atomic E-state index is 4.75. The summed E-state index contributed by atoms with van der Waals surface area (Å²) in [5, 5.41) is 7.49. The van der Waals surface area contributed by atoms with Gasteiger partial charge in [-0.15, -0.1) is 0 Å². The number of halogens is 1. The number of rotatable bonds is 5. The molecule has 0 spiro atoms. The number of nitrogens with one attached hydrogen (secondary N) is 1. The van der Waals surface area contributed by atoms with Crippen molar-refractivity contribution in [1.29, 1.82) is 0 Å². The van der Waals surface area contributed by atoms with Gasteiger partial charge in [0.25, 0.3) is 0 Å². The van der Waals surface area contributed by atoms with E-state index in [0.29, 0.717) is 5.92 Å². The monoisotopic (exact) mass is 387 g/mol. The highest BCUT2D eigenvalue weighted by atomic mass is 127. The second-order valence-electron chi connectivity index (χ2n) is 4.80. The minimum atomic E-state index is 0.591. The largest absolute Gasteiger partial charge is 0.369 e. The fourth-order valence-corrected chi connectivity index (χ4v) is 3.11. The van der Waals surface area contributed by atoms with Crippen LogP contribution in [0.25, 0.3) is 11.4 Å². The molecule has 0 saturated heterocycles. The molecule has 0 bridgehead atoms. The average Bonchev–Trinajstić information content (AvgIpc) is 2.87. The normalized spacial score (nSPS) is 11.0. The molecule has 0 aromatic carbocycles. The molecule has 1 N–H and O–H groups in total. The van der Waals surface area contributed by atoms with Crippen LogP contribution in [-0.4, -0.2) is 16.5 Å². The predicted octanol–water partition coefficient (Wildman–Crippen LogP) is 4.44. The van der Waals surface area contributed by atoms with Crippen LogP contribution in [0.1, 0.15) is 26.5 Å². The van der Waals surface area contributed by atoms with Gasteiger partial charge in [-0.25, -0.2) is 9.97 Å². The van der Waals surface area contributed by atoms with E-state index >= 15 is 0 Å². The first-order valence-electron chi connectivity index (χ1n) is 6.44. The SMILES string of the molecule is CCNc1nc(-c2ccsc2)nc(CC(C)C)c1I. The summed E-state index contributed by atoms with van der Waals surface area (Å²) in [6.45, 7) is 7.40. The van der Waals surface area contributed by atoms with Gasteiger partial charge in [-0.05, 0) is 53.3 Å². The van der Waals surface area contributed by atoms with Crippen LogP contribution in [-0.2, 0) is 6.42 Å². The van der Waals surface area contributed by atoms with Gasteiger partial charge in [-0.1, -0.05) is 13.8 Å². The van der Waals surface area contributed by atoms with Gasteiger partial charge >= 0.3 is 0 Å². The van der Waals surface area contributed by atoms with E-state index in [1.807, 2.05) is 0 Å². The number of thiophene rings is 1. The Morgan fingerprint density at radius 1 is 1.37 bits per heavy atom. The molecule has 0 fully saturated rings. The summed E-state index contributed by atoms with van der Waals surface area (Å²) in [4.78, 5) is 9.40. The lowest BCUT2D eigenvalue weighted by atomic mass is 10.1. The van der Waals surface area contributed by atoms with Crippen molar-refractivity contribution in [2.45, 2.75) is 27.2 Å². The molecule has 0 radical (unpaired) electrons. The van der Waals surface area contributed by atoms with Gasteiger partial charge in [0, 0.05) is 17.5 Å². The van der Waals surface area contributed by atoms with Crippen LogP contribution in [0.5, 0.6) is 0 Å². The lowest BCUT2D eigenvalue weighted by Crippen LogP contribution is -2.09. The molecule has 0 atom stereocenters. The molecule has 102 valence electrons. The van der Waals surface area contributed by atoms with E-state index in [0.717, 1.165) is 39.4 Å². The molecular weight excluding hydrogens is 369 g/mol. The smallest absolute Gasteiger partial charge is 0.162 e. The van der Waals surface area contributed by atoms with Crippen molar-refractivity contribution < 1.29 is 0 Å². The summed E-state index contributed by atoms with van der Waals surface area (Å²) >= 11 is 4.02. The Morgan fingerprint density at radius 2 is 2.16 bits per heavy atom. The summed E-state index contributed by atoms with van der Waals surface area (Å²) in [7, 11) is 0. The summed E-state index contributed by atoms with van der Waals surface area (Å²) in [5.41, 5.74) is 2.24. The van der Waals surface area contributed by atoms with Gasteiger partial charge in [0.05, 0.1) is 9.26 Å². The lowest BCUT2D eigenvalue weighted by molar-refractivity contribution is 0.632. The van der Waals surface area contributed by atoms with Crippen LogP contribution < -0.4 is 5.32 Å². The van der Waals surface area contributed by atoms with Crippen LogP contribution in [0.3, 0.4) is 0 Å². The molecule has 2 rings (SSSR count). The van der Waals surface area contributed by atoms with Crippen molar-refractivity contribution in [3.05, 3.63) is 26.1 Å². The fourth-order valence-electron chi connectivity index (χ4n) is 1.82. The lowest BCUT2D eigenvalue weighted by Gasteiger charge is -2.13. The van der Waals surface area contributed by atoms with E-state index < -0.39 is 0 Å². The Bertz CT molecular complexity index is 538. The molecule has 5 heteroatoms. The second-order valence-corrected chi connectivity index (χ2v) is 6.66. The predicted molar refractivity (Wildman–Crippen MR) is 90.8 cm³/mol. The minimum absolute atomic E-state index is 0.591. The van der Waals surface area contributed by atoms with Crippen LogP contribution in [0, 0.1) is 9.49 Å². The Morgan fingerprint density at radius 3 is 2.74 bits per heavy atom. The van der Waals surface area contributed by atoms with Crippen molar-refractivity contribution in [2.24, 2.45) is 5.92 Å². The van der Waals surface area contributed by atoms with Crippen molar-refractivity contribution >= 4 is 39.7 Å². The number of aromatic nitrogens is 2. The van der Waals surface area contributed by atoms with Crippen molar-refractivity contribution in [3.8, 4) is 11.4 Å². The Kier molecular flexibility index (Phi) is 5.15. The average molecular weight is 387 g/mol. The molecule has 2 heterocycles. The van der Waals surface area contributed by atoms with Crippen molar-refractivity contribution in [2.75, 3.05) is 11.9 Å². The highest BCUT2D eigenvalue weighted by Crippen LogP contribution is 2.26. The third-order valence-electron chi connectivity index (χ3n) is 2.65. The number of hydrogen-bond donors (Lipinski definition) is 1. The van der Waals surface area contributed by atoms with Gasteiger partial charge in [0.15, 0.2) is 5.82 Å². The van der Waals surface area contributed by atoms with Gasteiger partial charge in [-0.2, -0.15) is 11.3 Å². The van der Waals surface area contributed by atoms with E-state index in [-0.39, 0.29) is 0 Å². The Balaban J connectivity index is 2.47. The zero-order valence-corrected chi connectivity index (χ0v) is 14.4. The molecule has 2 aromatic rings. The molecular formula is C14H18IN3S. The van der Waals surface area contributed by atoms with Gasteiger partial charge in [0.2, 0.25) is 0 Å². The quantitative estimate of drug-likeness (QED) is 0.771. The third kappa shape index (κ3) is 3.66. The summed E-state index contributed by atoms with van der Waals surface area (Å²) < 4.78 is 1.15. The first-order valence-corrected chi connectivity index (χ1v) is 8.46. The second kappa shape index (κ2) is 6.65. The maximum absolute atomic E-state index is 4.75. The molecule has 3 nitrogen and oxygen atoms in total. The van der Waals surface area contributed by atoms with Crippen LogP contribution in [0.15, 0.2) is 16.8 Å². The summed E-state index contributed by atoms with van der Waals surface area (Å²) in [6.07, 6.45) is 0.982. The summed E-state index contributed by atoms with van der Waals surface area (Å²) in [5.74, 6) is 2.37. The van der Waals surface area contributed by atoms with Gasteiger partial charge in [-0.3, -0.25) is 0 Å². The van der Waals surface area contributed by atoms with E-state index in [9.17, 15) is 0 Å². The van der Waals surface area contributed by atoms with E-state index in [1.165, 1.54) is 0 Å². The topological polar surface area (TPSA) is 37.8 Å². The van der Waals surface area contributed by atoms with Crippen molar-refractivity contribution in [3.63, 3.8) is 0 Å². The van der Waals surface area contributed by atoms with Crippen LogP contribution in [0.2, 0.25) is 0 Å². The molecule has 0 aliphatic heterocycles. The highest BCUT2D eigenvalue weighted by Gasteiger charge is 2.14. The number of anilines is 1. The molecule has 2 aromatic heterocycles. The van der Waals surface area contributed by atoms with Gasteiger partial charge < -0.3 is 5.32 Å². The van der Waals surface area contributed by atoms with Gasteiger partial charge in [0.1, 0.15) is 5.82 Å². The van der Waals surface area contributed by atoms with E-state index in [4.69, 9.17) is 4.98 Å². The first kappa shape index (κ1) is 14.7. The number of hydrogen-bond acceptors (Lipinski definition) is 4. The molecule has 0 aliphatic rings. The van der Waals surface area contributed by atoms with Crippen LogP contribution >= 0.6 is 33.9 Å². The minimum Gasteiger partial charge on any atom is -0.369 e. The zero-order chi connectivity index (χ0) is 13.8. The first-order chi connectivity index (χ1) is 9.11.